The molecule has 112 valence electrons. The second-order valence-electron chi connectivity index (χ2n) is 5.12. The third kappa shape index (κ3) is 3.94. The molecule has 0 fully saturated rings. The molecule has 0 saturated carbocycles. The number of ether oxygens (including phenoxy) is 1. The summed E-state index contributed by atoms with van der Waals surface area (Å²) < 4.78 is 10.5. The molecular formula is C17H20O4. The molecule has 1 aromatic heterocycles. The maximum Gasteiger partial charge on any atom is 0.336 e. The lowest BCUT2D eigenvalue weighted by Crippen LogP contribution is -2.20. The number of esters is 1. The number of hydrogen-bond acceptors (Lipinski definition) is 4. The van der Waals surface area contributed by atoms with Gasteiger partial charge in [0.2, 0.25) is 0 Å². The first kappa shape index (κ1) is 15.3. The summed E-state index contributed by atoms with van der Waals surface area (Å²) in [4.78, 5) is 23.4. The molecule has 0 saturated heterocycles. The fourth-order valence-electron chi connectivity index (χ4n) is 2.24. The zero-order valence-electron chi connectivity index (χ0n) is 12.4. The Kier molecular flexibility index (Phi) is 5.14. The van der Waals surface area contributed by atoms with Crippen LogP contribution in [-0.4, -0.2) is 5.97 Å². The van der Waals surface area contributed by atoms with Crippen molar-refractivity contribution >= 4 is 16.9 Å². The monoisotopic (exact) mass is 288 g/mol. The summed E-state index contributed by atoms with van der Waals surface area (Å²) in [7, 11) is 0. The van der Waals surface area contributed by atoms with E-state index in [0.717, 1.165) is 31.1 Å². The van der Waals surface area contributed by atoms with E-state index in [2.05, 4.69) is 6.92 Å². The maximum absolute atomic E-state index is 12.1. The quantitative estimate of drug-likeness (QED) is 0.459. The molecule has 0 radical (unpaired) electrons. The van der Waals surface area contributed by atoms with Crippen molar-refractivity contribution in [1.82, 2.24) is 0 Å². The molecule has 1 unspecified atom stereocenters. The average Bonchev–Trinajstić information content (AvgIpc) is 2.47. The number of carbonyl (C=O) groups is 1. The molecule has 0 bridgehead atoms. The highest BCUT2D eigenvalue weighted by molar-refractivity contribution is 5.80. The topological polar surface area (TPSA) is 56.5 Å². The molecule has 1 heterocycles. The summed E-state index contributed by atoms with van der Waals surface area (Å²) in [6.07, 6.45) is 3.68. The minimum absolute atomic E-state index is 0.0802. The van der Waals surface area contributed by atoms with Crippen molar-refractivity contribution < 1.29 is 13.9 Å². The van der Waals surface area contributed by atoms with E-state index in [1.807, 2.05) is 6.92 Å². The zero-order chi connectivity index (χ0) is 15.2. The highest BCUT2D eigenvalue weighted by Gasteiger charge is 2.18. The van der Waals surface area contributed by atoms with Crippen molar-refractivity contribution in [3.05, 3.63) is 40.8 Å². The van der Waals surface area contributed by atoms with Gasteiger partial charge in [-0.15, -0.1) is 0 Å². The fraction of sp³-hybridized carbons (Fsp3) is 0.412. The summed E-state index contributed by atoms with van der Waals surface area (Å²) in [6.45, 7) is 4.09. The number of fused-ring (bicyclic) bond motifs is 1. The molecule has 21 heavy (non-hydrogen) atoms. The van der Waals surface area contributed by atoms with Gasteiger partial charge < -0.3 is 9.15 Å². The maximum atomic E-state index is 12.1. The van der Waals surface area contributed by atoms with Crippen molar-refractivity contribution in [2.45, 2.75) is 39.5 Å². The van der Waals surface area contributed by atoms with Crippen LogP contribution in [0.2, 0.25) is 0 Å². The van der Waals surface area contributed by atoms with Gasteiger partial charge in [0.1, 0.15) is 11.3 Å². The van der Waals surface area contributed by atoms with Crippen molar-refractivity contribution in [2.75, 3.05) is 0 Å². The van der Waals surface area contributed by atoms with Gasteiger partial charge >= 0.3 is 11.6 Å². The Balaban J connectivity index is 2.14. The minimum atomic E-state index is -0.416. The van der Waals surface area contributed by atoms with Crippen LogP contribution in [0.1, 0.15) is 39.5 Å². The number of rotatable bonds is 6. The minimum Gasteiger partial charge on any atom is -0.426 e. The van der Waals surface area contributed by atoms with Gasteiger partial charge in [0.05, 0.1) is 5.92 Å². The van der Waals surface area contributed by atoms with Crippen LogP contribution in [0.25, 0.3) is 11.0 Å². The molecule has 0 N–H and O–H groups in total. The highest BCUT2D eigenvalue weighted by atomic mass is 16.5. The summed E-state index contributed by atoms with van der Waals surface area (Å²) in [5, 5.41) is 0.799. The smallest absolute Gasteiger partial charge is 0.336 e. The second kappa shape index (κ2) is 7.07. The number of hydrogen-bond donors (Lipinski definition) is 0. The molecule has 0 aliphatic rings. The van der Waals surface area contributed by atoms with Gasteiger partial charge in [0.15, 0.2) is 0 Å². The summed E-state index contributed by atoms with van der Waals surface area (Å²) >= 11 is 0. The Morgan fingerprint density at radius 3 is 2.71 bits per heavy atom. The van der Waals surface area contributed by atoms with Crippen molar-refractivity contribution in [3.8, 4) is 5.75 Å². The van der Waals surface area contributed by atoms with Gasteiger partial charge in [-0.25, -0.2) is 4.79 Å². The van der Waals surface area contributed by atoms with Crippen LogP contribution in [-0.2, 0) is 4.79 Å². The Bertz CT molecular complexity index is 672. The highest BCUT2D eigenvalue weighted by Crippen LogP contribution is 2.22. The van der Waals surface area contributed by atoms with Crippen LogP contribution < -0.4 is 10.4 Å². The summed E-state index contributed by atoms with van der Waals surface area (Å²) in [6, 6.07) is 8.12. The first-order chi connectivity index (χ1) is 10.1. The number of unbranched alkanes of at least 4 members (excludes halogenated alkanes) is 1. The van der Waals surface area contributed by atoms with Gasteiger partial charge in [-0.1, -0.05) is 26.7 Å². The van der Waals surface area contributed by atoms with Crippen LogP contribution in [0.15, 0.2) is 39.5 Å². The average molecular weight is 288 g/mol. The molecule has 0 spiro atoms. The van der Waals surface area contributed by atoms with Gasteiger partial charge in [0, 0.05) is 17.5 Å². The van der Waals surface area contributed by atoms with Crippen molar-refractivity contribution in [2.24, 2.45) is 5.92 Å². The Morgan fingerprint density at radius 2 is 2.00 bits per heavy atom. The number of benzene rings is 1. The predicted octanol–water partition coefficient (Wildman–Crippen LogP) is 3.91. The molecule has 2 rings (SSSR count). The predicted molar refractivity (Wildman–Crippen MR) is 81.4 cm³/mol. The molecule has 2 aromatic rings. The lowest BCUT2D eigenvalue weighted by atomic mass is 10.00. The Morgan fingerprint density at radius 1 is 1.24 bits per heavy atom. The van der Waals surface area contributed by atoms with Crippen molar-refractivity contribution in [1.29, 1.82) is 0 Å². The summed E-state index contributed by atoms with van der Waals surface area (Å²) in [5.74, 6) is 0.115. The van der Waals surface area contributed by atoms with Gasteiger partial charge in [0.25, 0.3) is 0 Å². The largest absolute Gasteiger partial charge is 0.426 e. The first-order valence-corrected chi connectivity index (χ1v) is 7.39. The third-order valence-corrected chi connectivity index (χ3v) is 3.55. The van der Waals surface area contributed by atoms with Crippen LogP contribution in [0.4, 0.5) is 0 Å². The first-order valence-electron chi connectivity index (χ1n) is 7.39. The van der Waals surface area contributed by atoms with E-state index in [-0.39, 0.29) is 11.9 Å². The van der Waals surface area contributed by atoms with Gasteiger partial charge in [-0.2, -0.15) is 0 Å². The van der Waals surface area contributed by atoms with E-state index >= 15 is 0 Å². The molecule has 0 aliphatic heterocycles. The van der Waals surface area contributed by atoms with Crippen LogP contribution in [0, 0.1) is 5.92 Å². The normalized spacial score (nSPS) is 12.3. The van der Waals surface area contributed by atoms with Gasteiger partial charge in [-0.05, 0) is 31.0 Å². The van der Waals surface area contributed by atoms with Gasteiger partial charge in [-0.3, -0.25) is 4.79 Å². The number of carbonyl (C=O) groups excluding carboxylic acids is 1. The Labute approximate surface area is 123 Å². The molecule has 0 aliphatic carbocycles. The molecule has 4 nitrogen and oxygen atoms in total. The molecule has 1 atom stereocenters. The zero-order valence-corrected chi connectivity index (χ0v) is 12.4. The van der Waals surface area contributed by atoms with E-state index in [4.69, 9.17) is 9.15 Å². The lowest BCUT2D eigenvalue weighted by Gasteiger charge is -2.13. The third-order valence-electron chi connectivity index (χ3n) is 3.55. The summed E-state index contributed by atoms with van der Waals surface area (Å²) in [5.41, 5.74) is 0.00904. The van der Waals surface area contributed by atoms with Crippen LogP contribution in [0.5, 0.6) is 5.75 Å². The molecule has 0 amide bonds. The van der Waals surface area contributed by atoms with E-state index in [9.17, 15) is 9.59 Å². The second-order valence-corrected chi connectivity index (χ2v) is 5.12. The molecular weight excluding hydrogens is 268 g/mol. The molecule has 4 heteroatoms. The van der Waals surface area contributed by atoms with E-state index in [1.165, 1.54) is 6.07 Å². The SMILES string of the molecule is CCCCC(CC)C(=O)Oc1ccc2ccc(=O)oc2c1. The standard InChI is InChI=1S/C17H20O4/c1-3-5-6-12(4-2)17(19)20-14-9-7-13-8-10-16(18)21-15(13)11-14/h7-12H,3-6H2,1-2H3. The van der Waals surface area contributed by atoms with E-state index in [0.29, 0.717) is 11.3 Å². The molecule has 1 aromatic carbocycles. The van der Waals surface area contributed by atoms with Crippen LogP contribution in [0.3, 0.4) is 0 Å². The van der Waals surface area contributed by atoms with E-state index < -0.39 is 5.63 Å². The lowest BCUT2D eigenvalue weighted by molar-refractivity contribution is -0.139. The van der Waals surface area contributed by atoms with Crippen molar-refractivity contribution in [3.63, 3.8) is 0 Å². The fourth-order valence-corrected chi connectivity index (χ4v) is 2.24. The Hall–Kier alpha value is -2.10. The van der Waals surface area contributed by atoms with E-state index in [1.54, 1.807) is 24.3 Å². The van der Waals surface area contributed by atoms with Crippen LogP contribution >= 0.6 is 0 Å².